The third kappa shape index (κ3) is 2.78. The summed E-state index contributed by atoms with van der Waals surface area (Å²) in [4.78, 5) is 29.3. The fourth-order valence-electron chi connectivity index (χ4n) is 4.64. The predicted molar refractivity (Wildman–Crippen MR) is 97.9 cm³/mol. The van der Waals surface area contributed by atoms with Crippen LogP contribution in [0.2, 0.25) is 0 Å². The van der Waals surface area contributed by atoms with Gasteiger partial charge in [0.15, 0.2) is 0 Å². The van der Waals surface area contributed by atoms with Gasteiger partial charge in [0.25, 0.3) is 12.3 Å². The van der Waals surface area contributed by atoms with Gasteiger partial charge >= 0.3 is 0 Å². The highest BCUT2D eigenvalue weighted by Crippen LogP contribution is 2.49. The second-order valence-electron chi connectivity index (χ2n) is 7.68. The Morgan fingerprint density at radius 3 is 2.64 bits per heavy atom. The first-order valence-electron chi connectivity index (χ1n) is 9.25. The van der Waals surface area contributed by atoms with Crippen molar-refractivity contribution in [3.8, 4) is 0 Å². The number of benzene rings is 1. The summed E-state index contributed by atoms with van der Waals surface area (Å²) in [5.74, 6) is -0.515. The van der Waals surface area contributed by atoms with Crippen molar-refractivity contribution in [3.05, 3.63) is 53.3 Å². The highest BCUT2D eigenvalue weighted by molar-refractivity contribution is 5.97. The molecular formula is C20H22F2N4O2. The maximum absolute atomic E-state index is 13.3. The van der Waals surface area contributed by atoms with E-state index >= 15 is 0 Å². The summed E-state index contributed by atoms with van der Waals surface area (Å²) in [6.07, 6.45) is -0.981. The number of aryl methyl sites for hydroxylation is 1. The Morgan fingerprint density at radius 1 is 1.25 bits per heavy atom. The van der Waals surface area contributed by atoms with Crippen molar-refractivity contribution in [1.82, 2.24) is 19.6 Å². The van der Waals surface area contributed by atoms with Gasteiger partial charge in [-0.25, -0.2) is 8.78 Å². The van der Waals surface area contributed by atoms with Crippen molar-refractivity contribution < 1.29 is 18.4 Å². The monoisotopic (exact) mass is 388 g/mol. The smallest absolute Gasteiger partial charge is 0.282 e. The topological polar surface area (TPSA) is 58.4 Å². The molecule has 2 aliphatic rings. The number of hydrogen-bond donors (Lipinski definition) is 0. The molecule has 2 aromatic rings. The Bertz CT molecular complexity index is 914. The molecule has 8 heteroatoms. The van der Waals surface area contributed by atoms with E-state index in [0.29, 0.717) is 19.5 Å². The Balaban J connectivity index is 1.65. The maximum atomic E-state index is 13.3. The molecule has 0 aliphatic carbocycles. The number of likely N-dealkylation sites (tertiary alicyclic amines) is 2. The summed E-state index contributed by atoms with van der Waals surface area (Å²) in [7, 11) is 3.28. The molecule has 0 bridgehead atoms. The minimum Gasteiger partial charge on any atom is -0.345 e. The van der Waals surface area contributed by atoms with Gasteiger partial charge in [0.1, 0.15) is 5.69 Å². The lowest BCUT2D eigenvalue weighted by molar-refractivity contribution is -0.134. The minimum absolute atomic E-state index is 0.0110. The van der Waals surface area contributed by atoms with Gasteiger partial charge in [0.2, 0.25) is 5.91 Å². The first-order valence-corrected chi connectivity index (χ1v) is 9.25. The van der Waals surface area contributed by atoms with Gasteiger partial charge < -0.3 is 9.80 Å². The lowest BCUT2D eigenvalue weighted by atomic mass is 9.73. The third-order valence-corrected chi connectivity index (χ3v) is 5.98. The van der Waals surface area contributed by atoms with Crippen molar-refractivity contribution in [2.24, 2.45) is 12.5 Å². The van der Waals surface area contributed by atoms with Gasteiger partial charge in [-0.1, -0.05) is 30.3 Å². The summed E-state index contributed by atoms with van der Waals surface area (Å²) < 4.78 is 27.8. The second-order valence-corrected chi connectivity index (χ2v) is 7.68. The van der Waals surface area contributed by atoms with E-state index in [1.807, 2.05) is 30.3 Å². The summed E-state index contributed by atoms with van der Waals surface area (Å²) in [5, 5.41) is 3.73. The van der Waals surface area contributed by atoms with Crippen molar-refractivity contribution in [2.45, 2.75) is 18.8 Å². The quantitative estimate of drug-likeness (QED) is 0.812. The summed E-state index contributed by atoms with van der Waals surface area (Å²) in [6.45, 7) is 1.17. The number of carbonyl (C=O) groups is 2. The molecule has 2 aliphatic heterocycles. The van der Waals surface area contributed by atoms with Gasteiger partial charge in [-0.15, -0.1) is 0 Å². The Labute approximate surface area is 161 Å². The standard InChI is InChI=1S/C20H22F2N4O2/c1-24-11-15(13-6-4-3-5-7-13)20(19(24)28)8-9-26(12-20)18(27)14-10-25(2)23-16(14)17(21)22/h3-7,10,15,17H,8-9,11-12H2,1-2H3/t15-,20+/m1/s1. The van der Waals surface area contributed by atoms with Crippen LogP contribution in [0.5, 0.6) is 0 Å². The molecule has 0 N–H and O–H groups in total. The van der Waals surface area contributed by atoms with E-state index in [9.17, 15) is 18.4 Å². The number of amides is 2. The zero-order valence-electron chi connectivity index (χ0n) is 15.8. The highest BCUT2D eigenvalue weighted by atomic mass is 19.3. The van der Waals surface area contributed by atoms with Crippen LogP contribution in [0.3, 0.4) is 0 Å². The largest absolute Gasteiger partial charge is 0.345 e. The molecule has 28 heavy (non-hydrogen) atoms. The number of alkyl halides is 2. The molecule has 3 heterocycles. The molecule has 2 fully saturated rings. The second kappa shape index (κ2) is 6.68. The minimum atomic E-state index is -2.83. The zero-order valence-corrected chi connectivity index (χ0v) is 15.8. The van der Waals surface area contributed by atoms with Crippen LogP contribution in [0.4, 0.5) is 8.78 Å². The molecule has 4 rings (SSSR count). The number of hydrogen-bond acceptors (Lipinski definition) is 3. The number of likely N-dealkylation sites (N-methyl/N-ethyl adjacent to an activating group) is 1. The molecule has 148 valence electrons. The number of rotatable bonds is 3. The van der Waals surface area contributed by atoms with Gasteiger partial charge in [-0.2, -0.15) is 5.10 Å². The predicted octanol–water partition coefficient (Wildman–Crippen LogP) is 2.45. The first-order chi connectivity index (χ1) is 13.3. The van der Waals surface area contributed by atoms with Crippen LogP contribution in [-0.2, 0) is 11.8 Å². The van der Waals surface area contributed by atoms with E-state index in [1.165, 1.54) is 22.8 Å². The average Bonchev–Trinajstić information content (AvgIpc) is 3.36. The first kappa shape index (κ1) is 18.6. The summed E-state index contributed by atoms with van der Waals surface area (Å²) >= 11 is 0. The molecular weight excluding hydrogens is 366 g/mol. The highest BCUT2D eigenvalue weighted by Gasteiger charge is 2.57. The molecule has 0 saturated carbocycles. The van der Waals surface area contributed by atoms with E-state index in [1.54, 1.807) is 11.9 Å². The van der Waals surface area contributed by atoms with E-state index in [0.717, 1.165) is 5.56 Å². The Morgan fingerprint density at radius 2 is 1.96 bits per heavy atom. The fourth-order valence-corrected chi connectivity index (χ4v) is 4.64. The van der Waals surface area contributed by atoms with Crippen LogP contribution in [0, 0.1) is 5.41 Å². The van der Waals surface area contributed by atoms with Crippen LogP contribution >= 0.6 is 0 Å². The normalized spacial score (nSPS) is 24.8. The molecule has 1 aromatic carbocycles. The number of halogens is 2. The maximum Gasteiger partial charge on any atom is 0.282 e. The lowest BCUT2D eigenvalue weighted by Gasteiger charge is -2.28. The lowest BCUT2D eigenvalue weighted by Crippen LogP contribution is -2.39. The average molecular weight is 388 g/mol. The van der Waals surface area contributed by atoms with Gasteiger partial charge in [0.05, 0.1) is 11.0 Å². The number of nitrogens with zero attached hydrogens (tertiary/aromatic N) is 4. The van der Waals surface area contributed by atoms with E-state index < -0.39 is 23.4 Å². The van der Waals surface area contributed by atoms with Gasteiger partial charge in [-0.3, -0.25) is 14.3 Å². The molecule has 0 unspecified atom stereocenters. The Kier molecular flexibility index (Phi) is 4.44. The molecule has 2 amide bonds. The van der Waals surface area contributed by atoms with Crippen molar-refractivity contribution in [3.63, 3.8) is 0 Å². The molecule has 1 spiro atoms. The number of carbonyl (C=O) groups excluding carboxylic acids is 2. The van der Waals surface area contributed by atoms with E-state index in [-0.39, 0.29) is 23.9 Å². The van der Waals surface area contributed by atoms with E-state index in [2.05, 4.69) is 5.10 Å². The van der Waals surface area contributed by atoms with Crippen LogP contribution in [0.1, 0.15) is 40.4 Å². The van der Waals surface area contributed by atoms with Crippen LogP contribution in [0.25, 0.3) is 0 Å². The summed E-state index contributed by atoms with van der Waals surface area (Å²) in [5.41, 5.74) is -0.254. The van der Waals surface area contributed by atoms with Crippen LogP contribution in [-0.4, -0.2) is 58.1 Å². The molecule has 1 aromatic heterocycles. The molecule has 6 nitrogen and oxygen atoms in total. The van der Waals surface area contributed by atoms with Crippen molar-refractivity contribution in [1.29, 1.82) is 0 Å². The van der Waals surface area contributed by atoms with E-state index in [4.69, 9.17) is 0 Å². The molecule has 2 atom stereocenters. The Hall–Kier alpha value is -2.77. The molecule has 2 saturated heterocycles. The molecule has 0 radical (unpaired) electrons. The SMILES string of the molecule is CN1C[C@H](c2ccccc2)[C@@]2(CCN(C(=O)c3cn(C)nc3C(F)F)C2)C1=O. The van der Waals surface area contributed by atoms with Crippen molar-refractivity contribution >= 4 is 11.8 Å². The zero-order chi connectivity index (χ0) is 20.1. The van der Waals surface area contributed by atoms with Crippen LogP contribution < -0.4 is 0 Å². The number of aromatic nitrogens is 2. The van der Waals surface area contributed by atoms with Crippen LogP contribution in [0.15, 0.2) is 36.5 Å². The van der Waals surface area contributed by atoms with Gasteiger partial charge in [-0.05, 0) is 12.0 Å². The van der Waals surface area contributed by atoms with Gasteiger partial charge in [0, 0.05) is 45.8 Å². The third-order valence-electron chi connectivity index (χ3n) is 5.98. The fraction of sp³-hybridized carbons (Fsp3) is 0.450. The summed E-state index contributed by atoms with van der Waals surface area (Å²) in [6, 6.07) is 9.80. The van der Waals surface area contributed by atoms with Crippen molar-refractivity contribution in [2.75, 3.05) is 26.7 Å².